The Balaban J connectivity index is 1.83. The largest absolute Gasteiger partial charge is 0.444 e. The fourth-order valence-electron chi connectivity index (χ4n) is 2.39. The highest BCUT2D eigenvalue weighted by Gasteiger charge is 2.16. The van der Waals surface area contributed by atoms with Crippen LogP contribution in [-0.2, 0) is 4.74 Å². The van der Waals surface area contributed by atoms with E-state index in [1.165, 1.54) is 0 Å². The third-order valence-electron chi connectivity index (χ3n) is 3.43. The average Bonchev–Trinajstić information content (AvgIpc) is 2.88. The molecule has 0 aliphatic carbocycles. The number of hydrogen-bond donors (Lipinski definition) is 4. The number of aromatic nitrogens is 3. The minimum absolute atomic E-state index is 0.166. The van der Waals surface area contributed by atoms with Crippen LogP contribution in [-0.4, -0.2) is 26.9 Å². The molecule has 2 aromatic heterocycles. The number of anilines is 2. The molecule has 25 heavy (non-hydrogen) atoms. The molecule has 0 fully saturated rings. The van der Waals surface area contributed by atoms with Crippen molar-refractivity contribution in [1.29, 1.82) is 0 Å². The number of benzene rings is 1. The Labute approximate surface area is 143 Å². The molecular weight excluding hydrogens is 322 g/mol. The number of carbonyl (C=O) groups excluding carboxylic acids is 1. The number of amides is 1. The lowest BCUT2D eigenvalue weighted by Gasteiger charge is -2.19. The molecule has 0 atom stereocenters. The molecule has 5 N–H and O–H groups in total. The van der Waals surface area contributed by atoms with Gasteiger partial charge in [-0.05, 0) is 44.5 Å². The summed E-state index contributed by atoms with van der Waals surface area (Å²) < 4.78 is 5.20. The van der Waals surface area contributed by atoms with Crippen LogP contribution >= 0.6 is 0 Å². The summed E-state index contributed by atoms with van der Waals surface area (Å²) in [6.07, 6.45) is -0.525. The van der Waals surface area contributed by atoms with Gasteiger partial charge in [0.1, 0.15) is 11.0 Å². The molecule has 0 saturated carbocycles. The van der Waals surface area contributed by atoms with E-state index < -0.39 is 11.7 Å². The molecule has 0 aliphatic heterocycles. The lowest BCUT2D eigenvalue weighted by molar-refractivity contribution is 0.0636. The normalized spacial score (nSPS) is 11.5. The van der Waals surface area contributed by atoms with E-state index in [1.807, 2.05) is 0 Å². The fraction of sp³-hybridized carbons (Fsp3) is 0.235. The summed E-state index contributed by atoms with van der Waals surface area (Å²) in [4.78, 5) is 26.7. The Morgan fingerprint density at radius 3 is 2.56 bits per heavy atom. The van der Waals surface area contributed by atoms with Gasteiger partial charge in [0.05, 0.1) is 11.2 Å². The lowest BCUT2D eigenvalue weighted by Crippen LogP contribution is -2.27. The molecule has 0 radical (unpaired) electrons. The number of nitrogens with two attached hydrogens (primary N) is 1. The molecule has 1 amide bonds. The van der Waals surface area contributed by atoms with Crippen molar-refractivity contribution in [3.05, 3.63) is 40.7 Å². The first-order valence-electron chi connectivity index (χ1n) is 7.70. The number of nitrogen functional groups attached to an aromatic ring is 1. The molecule has 8 nitrogen and oxygen atoms in total. The minimum Gasteiger partial charge on any atom is -0.444 e. The number of aromatic amines is 2. The number of carbonyl (C=O) groups is 1. The maximum Gasteiger partial charge on any atom is 0.412 e. The number of nitrogens with one attached hydrogen (secondary N) is 3. The summed E-state index contributed by atoms with van der Waals surface area (Å²) in [6, 6.07) is 8.77. The van der Waals surface area contributed by atoms with Crippen molar-refractivity contribution >= 4 is 28.5 Å². The van der Waals surface area contributed by atoms with Gasteiger partial charge in [-0.2, -0.15) is 5.10 Å². The number of pyridine rings is 1. The van der Waals surface area contributed by atoms with Gasteiger partial charge in [-0.3, -0.25) is 15.2 Å². The molecule has 0 aliphatic rings. The average molecular weight is 341 g/mol. The third-order valence-corrected chi connectivity index (χ3v) is 3.43. The Hall–Kier alpha value is -3.29. The molecule has 3 aromatic rings. The highest BCUT2D eigenvalue weighted by atomic mass is 16.6. The van der Waals surface area contributed by atoms with Crippen molar-refractivity contribution in [1.82, 2.24) is 15.2 Å². The van der Waals surface area contributed by atoms with Crippen LogP contribution in [0, 0.1) is 0 Å². The Bertz CT molecular complexity index is 980. The third kappa shape index (κ3) is 3.63. The van der Waals surface area contributed by atoms with Gasteiger partial charge in [0.2, 0.25) is 0 Å². The zero-order valence-corrected chi connectivity index (χ0v) is 14.1. The zero-order chi connectivity index (χ0) is 18.2. The van der Waals surface area contributed by atoms with Crippen LogP contribution in [0.4, 0.5) is 16.3 Å². The van der Waals surface area contributed by atoms with E-state index in [-0.39, 0.29) is 11.4 Å². The second-order valence-corrected chi connectivity index (χ2v) is 6.61. The van der Waals surface area contributed by atoms with Crippen LogP contribution in [0.1, 0.15) is 20.8 Å². The number of rotatable bonds is 2. The van der Waals surface area contributed by atoms with Crippen molar-refractivity contribution in [2.45, 2.75) is 26.4 Å². The lowest BCUT2D eigenvalue weighted by atomic mass is 10.1. The highest BCUT2D eigenvalue weighted by molar-refractivity contribution is 5.90. The molecule has 1 aromatic carbocycles. The maximum absolute atomic E-state index is 12.1. The first-order valence-corrected chi connectivity index (χ1v) is 7.70. The van der Waals surface area contributed by atoms with Crippen molar-refractivity contribution in [3.63, 3.8) is 0 Å². The van der Waals surface area contributed by atoms with E-state index in [0.717, 1.165) is 5.56 Å². The van der Waals surface area contributed by atoms with Gasteiger partial charge < -0.3 is 15.5 Å². The van der Waals surface area contributed by atoms with E-state index in [2.05, 4.69) is 20.5 Å². The molecule has 3 rings (SSSR count). The maximum atomic E-state index is 12.1. The summed E-state index contributed by atoms with van der Waals surface area (Å²) in [5.41, 5.74) is 7.33. The first kappa shape index (κ1) is 16.6. The van der Waals surface area contributed by atoms with E-state index in [1.54, 1.807) is 51.1 Å². The Morgan fingerprint density at radius 1 is 1.24 bits per heavy atom. The molecule has 0 bridgehead atoms. The second kappa shape index (κ2) is 5.97. The SMILES string of the molecule is CC(C)(C)OC(=O)Nc1ccc(-c2cc3[nH]nc(N)c3c(=O)[nH]2)cc1. The summed E-state index contributed by atoms with van der Waals surface area (Å²) >= 11 is 0. The number of fused-ring (bicyclic) bond motifs is 1. The van der Waals surface area contributed by atoms with Gasteiger partial charge in [0.15, 0.2) is 5.82 Å². The Morgan fingerprint density at radius 2 is 1.92 bits per heavy atom. The van der Waals surface area contributed by atoms with Crippen LogP contribution < -0.4 is 16.6 Å². The molecule has 0 spiro atoms. The minimum atomic E-state index is -0.565. The topological polar surface area (TPSA) is 126 Å². The van der Waals surface area contributed by atoms with Crippen molar-refractivity contribution in [2.24, 2.45) is 0 Å². The number of hydrogen-bond acceptors (Lipinski definition) is 5. The standard InChI is InChI=1S/C17H19N5O3/c1-17(2,3)25-16(24)19-10-6-4-9(5-7-10)11-8-12-13(15(23)20-11)14(18)22-21-12/h4-8H,1-3H3,(H,19,24)(H,20,23)(H3,18,21,22). The summed E-state index contributed by atoms with van der Waals surface area (Å²) in [5, 5.41) is 9.56. The van der Waals surface area contributed by atoms with E-state index >= 15 is 0 Å². The van der Waals surface area contributed by atoms with Gasteiger partial charge in [-0.15, -0.1) is 0 Å². The first-order chi connectivity index (χ1) is 11.7. The quantitative estimate of drug-likeness (QED) is 0.570. The predicted molar refractivity (Wildman–Crippen MR) is 96.4 cm³/mol. The van der Waals surface area contributed by atoms with Gasteiger partial charge in [0.25, 0.3) is 5.56 Å². The number of nitrogens with zero attached hydrogens (tertiary/aromatic N) is 1. The van der Waals surface area contributed by atoms with Crippen LogP contribution in [0.2, 0.25) is 0 Å². The monoisotopic (exact) mass is 341 g/mol. The van der Waals surface area contributed by atoms with Gasteiger partial charge in [0, 0.05) is 5.69 Å². The van der Waals surface area contributed by atoms with Gasteiger partial charge in [-0.25, -0.2) is 4.79 Å². The smallest absolute Gasteiger partial charge is 0.412 e. The summed E-state index contributed by atoms with van der Waals surface area (Å²) in [7, 11) is 0. The fourth-order valence-corrected chi connectivity index (χ4v) is 2.39. The van der Waals surface area contributed by atoms with Gasteiger partial charge in [-0.1, -0.05) is 12.1 Å². The van der Waals surface area contributed by atoms with Crippen LogP contribution in [0.15, 0.2) is 35.1 Å². The van der Waals surface area contributed by atoms with E-state index in [9.17, 15) is 9.59 Å². The van der Waals surface area contributed by atoms with Crippen LogP contribution in [0.5, 0.6) is 0 Å². The van der Waals surface area contributed by atoms with E-state index in [4.69, 9.17) is 10.5 Å². The van der Waals surface area contributed by atoms with Crippen molar-refractivity contribution in [2.75, 3.05) is 11.1 Å². The molecule has 130 valence electrons. The van der Waals surface area contributed by atoms with Crippen molar-refractivity contribution in [3.8, 4) is 11.3 Å². The van der Waals surface area contributed by atoms with Crippen LogP contribution in [0.25, 0.3) is 22.2 Å². The zero-order valence-electron chi connectivity index (χ0n) is 14.1. The number of ether oxygens (including phenoxy) is 1. The Kier molecular flexibility index (Phi) is 3.96. The van der Waals surface area contributed by atoms with Gasteiger partial charge >= 0.3 is 6.09 Å². The number of H-pyrrole nitrogens is 2. The molecule has 0 unspecified atom stereocenters. The molecule has 0 saturated heterocycles. The van der Waals surface area contributed by atoms with Crippen LogP contribution in [0.3, 0.4) is 0 Å². The van der Waals surface area contributed by atoms with Crippen molar-refractivity contribution < 1.29 is 9.53 Å². The molecular formula is C17H19N5O3. The highest BCUT2D eigenvalue weighted by Crippen LogP contribution is 2.22. The predicted octanol–water partition coefficient (Wildman–Crippen LogP) is 2.85. The molecule has 8 heteroatoms. The molecule has 2 heterocycles. The second-order valence-electron chi connectivity index (χ2n) is 6.61. The van der Waals surface area contributed by atoms with E-state index in [0.29, 0.717) is 22.3 Å². The summed E-state index contributed by atoms with van der Waals surface area (Å²) in [5.74, 6) is 0.166. The summed E-state index contributed by atoms with van der Waals surface area (Å²) in [6.45, 7) is 5.39.